The number of para-hydroxylation sites is 1. The van der Waals surface area contributed by atoms with E-state index in [9.17, 15) is 4.79 Å². The van der Waals surface area contributed by atoms with Crippen molar-refractivity contribution >= 4 is 11.6 Å². The van der Waals surface area contributed by atoms with Crippen LogP contribution in [0.4, 0.5) is 5.69 Å². The van der Waals surface area contributed by atoms with Gasteiger partial charge >= 0.3 is 0 Å². The molecular formula is C17H19NO2. The van der Waals surface area contributed by atoms with Crippen molar-refractivity contribution in [1.82, 2.24) is 0 Å². The number of benzene rings is 2. The first-order valence-electron chi connectivity index (χ1n) is 6.65. The zero-order chi connectivity index (χ0) is 14.5. The Bertz CT molecular complexity index is 573. The van der Waals surface area contributed by atoms with Crippen LogP contribution in [-0.2, 0) is 4.79 Å². The number of carbonyl (C=O) groups excluding carboxylic acids is 1. The molecule has 3 heteroatoms. The van der Waals surface area contributed by atoms with Crippen molar-refractivity contribution in [1.29, 1.82) is 0 Å². The average Bonchev–Trinajstić information content (AvgIpc) is 2.38. The fraction of sp³-hybridized carbons (Fsp3) is 0.235. The third-order valence-electron chi connectivity index (χ3n) is 2.92. The Morgan fingerprint density at radius 1 is 1.05 bits per heavy atom. The molecule has 3 nitrogen and oxygen atoms in total. The van der Waals surface area contributed by atoms with Gasteiger partial charge in [0.25, 0.3) is 5.91 Å². The maximum atomic E-state index is 12.1. The van der Waals surface area contributed by atoms with Gasteiger partial charge in [0.05, 0.1) is 0 Å². The van der Waals surface area contributed by atoms with Crippen LogP contribution < -0.4 is 10.1 Å². The van der Waals surface area contributed by atoms with Gasteiger partial charge < -0.3 is 10.1 Å². The van der Waals surface area contributed by atoms with Crippen LogP contribution in [0.25, 0.3) is 0 Å². The van der Waals surface area contributed by atoms with Crippen molar-refractivity contribution in [2.45, 2.75) is 26.9 Å². The molecule has 1 N–H and O–H groups in total. The minimum absolute atomic E-state index is 0.157. The predicted molar refractivity (Wildman–Crippen MR) is 81.1 cm³/mol. The monoisotopic (exact) mass is 269 g/mol. The molecule has 1 amide bonds. The molecule has 0 saturated carbocycles. The lowest BCUT2D eigenvalue weighted by atomic mass is 10.1. The molecule has 0 bridgehead atoms. The highest BCUT2D eigenvalue weighted by atomic mass is 16.5. The molecule has 20 heavy (non-hydrogen) atoms. The van der Waals surface area contributed by atoms with Crippen molar-refractivity contribution in [2.75, 3.05) is 5.32 Å². The van der Waals surface area contributed by atoms with E-state index in [2.05, 4.69) is 11.4 Å². The highest BCUT2D eigenvalue weighted by Gasteiger charge is 2.15. The van der Waals surface area contributed by atoms with Gasteiger partial charge in [0.2, 0.25) is 0 Å². The summed E-state index contributed by atoms with van der Waals surface area (Å²) in [5.74, 6) is 0.563. The van der Waals surface area contributed by atoms with E-state index in [4.69, 9.17) is 4.74 Å². The van der Waals surface area contributed by atoms with Gasteiger partial charge in [0.15, 0.2) is 6.10 Å². The SMILES string of the molecule is Cc1cc(C)cc(OC(C)C(=O)Nc2ccccc2)c1. The number of nitrogens with one attached hydrogen (secondary N) is 1. The summed E-state index contributed by atoms with van der Waals surface area (Å²) >= 11 is 0. The van der Waals surface area contributed by atoms with Crippen molar-refractivity contribution in [2.24, 2.45) is 0 Å². The Labute approximate surface area is 119 Å². The van der Waals surface area contributed by atoms with Gasteiger partial charge in [-0.15, -0.1) is 0 Å². The lowest BCUT2D eigenvalue weighted by Crippen LogP contribution is -2.30. The van der Waals surface area contributed by atoms with Crippen molar-refractivity contribution in [3.05, 3.63) is 59.7 Å². The smallest absolute Gasteiger partial charge is 0.265 e. The Balaban J connectivity index is 2.00. The third-order valence-corrected chi connectivity index (χ3v) is 2.92. The summed E-state index contributed by atoms with van der Waals surface area (Å²) in [6.07, 6.45) is -0.545. The summed E-state index contributed by atoms with van der Waals surface area (Å²) in [7, 11) is 0. The van der Waals surface area contributed by atoms with Crippen LogP contribution >= 0.6 is 0 Å². The highest BCUT2D eigenvalue weighted by molar-refractivity contribution is 5.94. The Kier molecular flexibility index (Phi) is 4.41. The van der Waals surface area contributed by atoms with Gasteiger partial charge in [-0.05, 0) is 56.2 Å². The topological polar surface area (TPSA) is 38.3 Å². The van der Waals surface area contributed by atoms with E-state index < -0.39 is 6.10 Å². The molecule has 2 rings (SSSR count). The van der Waals surface area contributed by atoms with Gasteiger partial charge in [0, 0.05) is 5.69 Å². The summed E-state index contributed by atoms with van der Waals surface area (Å²) in [4.78, 5) is 12.1. The number of hydrogen-bond donors (Lipinski definition) is 1. The molecule has 0 aromatic heterocycles. The van der Waals surface area contributed by atoms with Crippen LogP contribution in [0.5, 0.6) is 5.75 Å². The molecule has 1 atom stereocenters. The molecule has 104 valence electrons. The second-order valence-electron chi connectivity index (χ2n) is 4.94. The van der Waals surface area contributed by atoms with Gasteiger partial charge in [-0.2, -0.15) is 0 Å². The highest BCUT2D eigenvalue weighted by Crippen LogP contribution is 2.18. The summed E-state index contributed by atoms with van der Waals surface area (Å²) in [6, 6.07) is 15.3. The molecule has 0 spiro atoms. The van der Waals surface area contributed by atoms with Gasteiger partial charge in [-0.1, -0.05) is 24.3 Å². The van der Waals surface area contributed by atoms with Crippen LogP contribution in [0.3, 0.4) is 0 Å². The molecule has 2 aromatic carbocycles. The number of anilines is 1. The molecule has 0 heterocycles. The first kappa shape index (κ1) is 14.1. The van der Waals surface area contributed by atoms with Gasteiger partial charge in [0.1, 0.15) is 5.75 Å². The van der Waals surface area contributed by atoms with Crippen molar-refractivity contribution < 1.29 is 9.53 Å². The van der Waals surface area contributed by atoms with Crippen molar-refractivity contribution in [3.8, 4) is 5.75 Å². The van der Waals surface area contributed by atoms with Crippen LogP contribution in [0.1, 0.15) is 18.1 Å². The Morgan fingerprint density at radius 3 is 2.25 bits per heavy atom. The Morgan fingerprint density at radius 2 is 1.65 bits per heavy atom. The number of hydrogen-bond acceptors (Lipinski definition) is 2. The van der Waals surface area contributed by atoms with E-state index in [1.54, 1.807) is 6.92 Å². The second kappa shape index (κ2) is 6.24. The van der Waals surface area contributed by atoms with E-state index in [0.29, 0.717) is 0 Å². The summed E-state index contributed by atoms with van der Waals surface area (Å²) < 4.78 is 5.70. The van der Waals surface area contributed by atoms with E-state index in [1.165, 1.54) is 0 Å². The minimum atomic E-state index is -0.545. The normalized spacial score (nSPS) is 11.8. The average molecular weight is 269 g/mol. The predicted octanol–water partition coefficient (Wildman–Crippen LogP) is 3.71. The summed E-state index contributed by atoms with van der Waals surface area (Å²) in [6.45, 7) is 5.76. The minimum Gasteiger partial charge on any atom is -0.481 e. The molecule has 0 radical (unpaired) electrons. The van der Waals surface area contributed by atoms with E-state index in [-0.39, 0.29) is 5.91 Å². The lowest BCUT2D eigenvalue weighted by molar-refractivity contribution is -0.122. The zero-order valence-electron chi connectivity index (χ0n) is 12.0. The van der Waals surface area contributed by atoms with Crippen molar-refractivity contribution in [3.63, 3.8) is 0 Å². The number of aryl methyl sites for hydroxylation is 2. The van der Waals surface area contributed by atoms with E-state index in [1.807, 2.05) is 56.3 Å². The quantitative estimate of drug-likeness (QED) is 0.919. The zero-order valence-corrected chi connectivity index (χ0v) is 12.0. The van der Waals surface area contributed by atoms with Crippen LogP contribution in [0.15, 0.2) is 48.5 Å². The molecule has 0 aliphatic heterocycles. The number of amides is 1. The van der Waals surface area contributed by atoms with Crippen LogP contribution in [0.2, 0.25) is 0 Å². The first-order valence-corrected chi connectivity index (χ1v) is 6.65. The third kappa shape index (κ3) is 3.85. The number of ether oxygens (including phenoxy) is 1. The summed E-state index contributed by atoms with van der Waals surface area (Å²) in [5.41, 5.74) is 3.01. The fourth-order valence-corrected chi connectivity index (χ4v) is 2.02. The van der Waals surface area contributed by atoms with Crippen LogP contribution in [0, 0.1) is 13.8 Å². The van der Waals surface area contributed by atoms with E-state index in [0.717, 1.165) is 22.6 Å². The van der Waals surface area contributed by atoms with Crippen LogP contribution in [-0.4, -0.2) is 12.0 Å². The molecule has 0 aliphatic rings. The molecule has 0 saturated heterocycles. The molecular weight excluding hydrogens is 250 g/mol. The van der Waals surface area contributed by atoms with Gasteiger partial charge in [-0.25, -0.2) is 0 Å². The standard InChI is InChI=1S/C17H19NO2/c1-12-9-13(2)11-16(10-12)20-14(3)17(19)18-15-7-5-4-6-8-15/h4-11,14H,1-3H3,(H,18,19). The fourth-order valence-electron chi connectivity index (χ4n) is 2.02. The second-order valence-corrected chi connectivity index (χ2v) is 4.94. The number of rotatable bonds is 4. The maximum Gasteiger partial charge on any atom is 0.265 e. The maximum absolute atomic E-state index is 12.1. The van der Waals surface area contributed by atoms with Gasteiger partial charge in [-0.3, -0.25) is 4.79 Å². The summed E-state index contributed by atoms with van der Waals surface area (Å²) in [5, 5.41) is 2.83. The molecule has 2 aromatic rings. The van der Waals surface area contributed by atoms with E-state index >= 15 is 0 Å². The number of carbonyl (C=O) groups is 1. The molecule has 1 unspecified atom stereocenters. The molecule has 0 fully saturated rings. The first-order chi connectivity index (χ1) is 9.54. The lowest BCUT2D eigenvalue weighted by Gasteiger charge is -2.15. The Hall–Kier alpha value is -2.29. The largest absolute Gasteiger partial charge is 0.481 e. The molecule has 0 aliphatic carbocycles.